The van der Waals surface area contributed by atoms with Crippen molar-refractivity contribution in [1.29, 1.82) is 0 Å². The summed E-state index contributed by atoms with van der Waals surface area (Å²) in [5.74, 6) is -2.11. The second-order valence-electron chi connectivity index (χ2n) is 5.10. The van der Waals surface area contributed by atoms with Gasteiger partial charge in [0.15, 0.2) is 0 Å². The molecule has 1 aliphatic rings. The second kappa shape index (κ2) is 10.3. The summed E-state index contributed by atoms with van der Waals surface area (Å²) in [4.78, 5) is 23.2. The molecule has 1 rings (SSSR count). The molecule has 0 saturated carbocycles. The number of methoxy groups -OCH3 is 1. The third kappa shape index (κ3) is 6.73. The van der Waals surface area contributed by atoms with Crippen LogP contribution in [-0.4, -0.2) is 50.5 Å². The van der Waals surface area contributed by atoms with Crippen LogP contribution < -0.4 is 5.32 Å². The third-order valence-electron chi connectivity index (χ3n) is 3.53. The molecular formula is C15H25NO5. The first kappa shape index (κ1) is 17.7. The molecule has 0 aliphatic heterocycles. The van der Waals surface area contributed by atoms with Crippen LogP contribution in [-0.2, 0) is 19.1 Å². The van der Waals surface area contributed by atoms with Crippen LogP contribution >= 0.6 is 0 Å². The molecule has 2 N–H and O–H groups in total. The monoisotopic (exact) mass is 299 g/mol. The van der Waals surface area contributed by atoms with Crippen molar-refractivity contribution >= 4 is 11.9 Å². The summed E-state index contributed by atoms with van der Waals surface area (Å²) in [7, 11) is 1.63. The minimum Gasteiger partial charge on any atom is -0.481 e. The van der Waals surface area contributed by atoms with Gasteiger partial charge in [-0.3, -0.25) is 9.59 Å². The van der Waals surface area contributed by atoms with Crippen LogP contribution in [0, 0.1) is 11.8 Å². The van der Waals surface area contributed by atoms with E-state index in [4.69, 9.17) is 14.6 Å². The molecule has 0 saturated heterocycles. The van der Waals surface area contributed by atoms with E-state index in [2.05, 4.69) is 5.32 Å². The Balaban J connectivity index is 2.15. The van der Waals surface area contributed by atoms with Crippen molar-refractivity contribution < 1.29 is 24.2 Å². The molecule has 6 heteroatoms. The van der Waals surface area contributed by atoms with Gasteiger partial charge in [0, 0.05) is 20.3 Å². The first-order chi connectivity index (χ1) is 10.2. The molecule has 0 aromatic rings. The van der Waals surface area contributed by atoms with Gasteiger partial charge in [0.05, 0.1) is 25.0 Å². The lowest BCUT2D eigenvalue weighted by molar-refractivity contribution is -0.147. The summed E-state index contributed by atoms with van der Waals surface area (Å²) in [5.41, 5.74) is 0. The van der Waals surface area contributed by atoms with Crippen LogP contribution in [0.3, 0.4) is 0 Å². The lowest BCUT2D eigenvalue weighted by Gasteiger charge is -2.24. The summed E-state index contributed by atoms with van der Waals surface area (Å²) in [6.45, 7) is 2.36. The van der Waals surface area contributed by atoms with E-state index in [-0.39, 0.29) is 5.91 Å². The van der Waals surface area contributed by atoms with Gasteiger partial charge in [-0.1, -0.05) is 12.2 Å². The zero-order valence-electron chi connectivity index (χ0n) is 12.5. The van der Waals surface area contributed by atoms with Crippen LogP contribution in [0.15, 0.2) is 12.2 Å². The zero-order valence-corrected chi connectivity index (χ0v) is 12.5. The third-order valence-corrected chi connectivity index (χ3v) is 3.53. The Labute approximate surface area is 125 Å². The maximum Gasteiger partial charge on any atom is 0.307 e. The van der Waals surface area contributed by atoms with Gasteiger partial charge < -0.3 is 19.9 Å². The number of aliphatic carboxylic acids is 1. The highest BCUT2D eigenvalue weighted by Gasteiger charge is 2.33. The number of unbranched alkanes of at least 4 members (excludes halogenated alkanes) is 1. The lowest BCUT2D eigenvalue weighted by Crippen LogP contribution is -2.39. The Kier molecular flexibility index (Phi) is 8.69. The molecule has 0 radical (unpaired) electrons. The quantitative estimate of drug-likeness (QED) is 0.468. The number of hydrogen-bond donors (Lipinski definition) is 2. The fraction of sp³-hybridized carbons (Fsp3) is 0.733. The van der Waals surface area contributed by atoms with E-state index in [1.54, 1.807) is 7.11 Å². The predicted molar refractivity (Wildman–Crippen MR) is 77.9 cm³/mol. The Morgan fingerprint density at radius 2 is 1.86 bits per heavy atom. The van der Waals surface area contributed by atoms with Gasteiger partial charge >= 0.3 is 5.97 Å². The highest BCUT2D eigenvalue weighted by atomic mass is 16.5. The van der Waals surface area contributed by atoms with Gasteiger partial charge in [-0.15, -0.1) is 0 Å². The van der Waals surface area contributed by atoms with Crippen LogP contribution in [0.2, 0.25) is 0 Å². The summed E-state index contributed by atoms with van der Waals surface area (Å²) in [6, 6.07) is 0. The highest BCUT2D eigenvalue weighted by molar-refractivity contribution is 5.85. The Hall–Kier alpha value is -1.40. The molecule has 0 heterocycles. The van der Waals surface area contributed by atoms with Crippen LogP contribution in [0.1, 0.15) is 25.7 Å². The van der Waals surface area contributed by atoms with E-state index >= 15 is 0 Å². The number of carbonyl (C=O) groups is 2. The molecule has 2 atom stereocenters. The number of nitrogens with one attached hydrogen (secondary N) is 1. The molecule has 21 heavy (non-hydrogen) atoms. The van der Waals surface area contributed by atoms with Crippen molar-refractivity contribution in [3.8, 4) is 0 Å². The number of allylic oxidation sites excluding steroid dienone is 2. The van der Waals surface area contributed by atoms with Crippen molar-refractivity contribution in [1.82, 2.24) is 5.32 Å². The van der Waals surface area contributed by atoms with Crippen LogP contribution in [0.4, 0.5) is 0 Å². The molecule has 0 fully saturated rings. The van der Waals surface area contributed by atoms with Gasteiger partial charge in [-0.2, -0.15) is 0 Å². The number of rotatable bonds is 10. The minimum atomic E-state index is -0.897. The maximum absolute atomic E-state index is 12.0. The van der Waals surface area contributed by atoms with E-state index in [0.29, 0.717) is 39.2 Å². The van der Waals surface area contributed by atoms with Crippen LogP contribution in [0.25, 0.3) is 0 Å². The molecule has 0 spiro atoms. The highest BCUT2D eigenvalue weighted by Crippen LogP contribution is 2.25. The van der Waals surface area contributed by atoms with Crippen molar-refractivity contribution in [3.05, 3.63) is 12.2 Å². The molecule has 1 amide bonds. The smallest absolute Gasteiger partial charge is 0.307 e. The molecule has 120 valence electrons. The fourth-order valence-electron chi connectivity index (χ4n) is 2.29. The molecule has 1 aliphatic carbocycles. The normalized spacial score (nSPS) is 21.2. The van der Waals surface area contributed by atoms with E-state index in [1.807, 2.05) is 12.2 Å². The molecule has 0 aromatic carbocycles. The van der Waals surface area contributed by atoms with Crippen molar-refractivity contribution in [2.45, 2.75) is 25.7 Å². The van der Waals surface area contributed by atoms with Gasteiger partial charge in [-0.25, -0.2) is 0 Å². The van der Waals surface area contributed by atoms with E-state index in [1.165, 1.54) is 0 Å². The fourth-order valence-corrected chi connectivity index (χ4v) is 2.29. The van der Waals surface area contributed by atoms with Crippen molar-refractivity contribution in [2.75, 3.05) is 33.5 Å². The summed E-state index contributed by atoms with van der Waals surface area (Å²) >= 11 is 0. The molecule has 6 nitrogen and oxygen atoms in total. The summed E-state index contributed by atoms with van der Waals surface area (Å²) < 4.78 is 10.2. The van der Waals surface area contributed by atoms with E-state index in [9.17, 15) is 9.59 Å². The van der Waals surface area contributed by atoms with Gasteiger partial charge in [0.1, 0.15) is 0 Å². The standard InChI is InChI=1S/C15H25NO5/c1-20-10-11-21-9-5-4-8-16-14(17)12-6-2-3-7-13(12)15(18)19/h2-3,12-13H,4-11H2,1H3,(H,16,17)(H,18,19)/t12-,13+/m1/s1. The number of amides is 1. The molecule has 0 aromatic heterocycles. The first-order valence-electron chi connectivity index (χ1n) is 7.39. The maximum atomic E-state index is 12.0. The van der Waals surface area contributed by atoms with Crippen molar-refractivity contribution in [3.63, 3.8) is 0 Å². The molecule has 0 unspecified atom stereocenters. The Morgan fingerprint density at radius 1 is 1.14 bits per heavy atom. The van der Waals surface area contributed by atoms with Gasteiger partial charge in [0.25, 0.3) is 0 Å². The topological polar surface area (TPSA) is 84.9 Å². The largest absolute Gasteiger partial charge is 0.481 e. The van der Waals surface area contributed by atoms with Crippen molar-refractivity contribution in [2.24, 2.45) is 11.8 Å². The predicted octanol–water partition coefficient (Wildman–Crippen LogP) is 1.21. The number of ether oxygens (including phenoxy) is 2. The minimum absolute atomic E-state index is 0.160. The molecule has 0 bridgehead atoms. The number of carboxylic acids is 1. The Morgan fingerprint density at radius 3 is 2.52 bits per heavy atom. The SMILES string of the molecule is COCCOCCCCNC(=O)[C@@H]1CC=CC[C@@H]1C(=O)O. The lowest BCUT2D eigenvalue weighted by atomic mass is 9.82. The van der Waals surface area contributed by atoms with Crippen LogP contribution in [0.5, 0.6) is 0 Å². The van der Waals surface area contributed by atoms with Gasteiger partial charge in [-0.05, 0) is 25.7 Å². The number of hydrogen-bond acceptors (Lipinski definition) is 4. The van der Waals surface area contributed by atoms with E-state index in [0.717, 1.165) is 12.8 Å². The number of carboxylic acid groups (broad SMARTS) is 1. The average Bonchev–Trinajstić information content (AvgIpc) is 2.49. The summed E-state index contributed by atoms with van der Waals surface area (Å²) in [6.07, 6.45) is 6.33. The second-order valence-corrected chi connectivity index (χ2v) is 5.10. The average molecular weight is 299 g/mol. The Bertz CT molecular complexity index is 356. The zero-order chi connectivity index (χ0) is 15.5. The van der Waals surface area contributed by atoms with Gasteiger partial charge in [0.2, 0.25) is 5.91 Å². The summed E-state index contributed by atoms with van der Waals surface area (Å²) in [5, 5.41) is 12.0. The first-order valence-corrected chi connectivity index (χ1v) is 7.39. The molecular weight excluding hydrogens is 274 g/mol. The number of carbonyl (C=O) groups excluding carboxylic acids is 1. The van der Waals surface area contributed by atoms with E-state index < -0.39 is 17.8 Å².